The van der Waals surface area contributed by atoms with Gasteiger partial charge in [-0.15, -0.1) is 0 Å². The summed E-state index contributed by atoms with van der Waals surface area (Å²) in [5.41, 5.74) is 6.91. The quantitative estimate of drug-likeness (QED) is 0.731. The molecule has 70 valence electrons. The lowest BCUT2D eigenvalue weighted by Crippen LogP contribution is -2.13. The van der Waals surface area contributed by atoms with Gasteiger partial charge in [-0.05, 0) is 18.2 Å². The smallest absolute Gasteiger partial charge is 0.101 e. The highest BCUT2D eigenvalue weighted by molar-refractivity contribution is 5.56. The fourth-order valence-electron chi connectivity index (χ4n) is 1.06. The van der Waals surface area contributed by atoms with Crippen molar-refractivity contribution in [3.05, 3.63) is 29.3 Å². The summed E-state index contributed by atoms with van der Waals surface area (Å²) in [6.07, 6.45) is 0. The van der Waals surface area contributed by atoms with Gasteiger partial charge in [-0.1, -0.05) is 0 Å². The summed E-state index contributed by atoms with van der Waals surface area (Å²) in [5.74, 6) is 0. The van der Waals surface area contributed by atoms with Gasteiger partial charge in [-0.3, -0.25) is 0 Å². The minimum absolute atomic E-state index is 0.384. The molecular formula is C10H10N4. The zero-order valence-corrected chi connectivity index (χ0v) is 7.62. The van der Waals surface area contributed by atoms with Crippen LogP contribution in [0.2, 0.25) is 0 Å². The molecule has 1 aromatic rings. The van der Waals surface area contributed by atoms with Crippen molar-refractivity contribution in [3.63, 3.8) is 0 Å². The van der Waals surface area contributed by atoms with Crippen molar-refractivity contribution >= 4 is 5.69 Å². The zero-order valence-electron chi connectivity index (χ0n) is 7.62. The standard InChI is InChI=1S/C10H10N4/c11-3-4-14-10-2-1-8(6-12)9(5-10)7-13/h1-2,5,14H,3-4,11H2. The number of anilines is 1. The summed E-state index contributed by atoms with van der Waals surface area (Å²) in [4.78, 5) is 0. The molecule has 0 saturated heterocycles. The van der Waals surface area contributed by atoms with E-state index >= 15 is 0 Å². The fourth-order valence-corrected chi connectivity index (χ4v) is 1.06. The molecule has 0 saturated carbocycles. The maximum Gasteiger partial charge on any atom is 0.101 e. The highest BCUT2D eigenvalue weighted by atomic mass is 14.9. The molecule has 3 N–H and O–H groups in total. The summed E-state index contributed by atoms with van der Waals surface area (Å²) in [6.45, 7) is 1.18. The molecule has 4 heteroatoms. The number of hydrogen-bond acceptors (Lipinski definition) is 4. The molecule has 0 bridgehead atoms. The molecule has 1 aromatic carbocycles. The number of hydrogen-bond donors (Lipinski definition) is 2. The van der Waals surface area contributed by atoms with Gasteiger partial charge in [0, 0.05) is 18.8 Å². The second-order valence-electron chi connectivity index (χ2n) is 2.70. The molecule has 0 fully saturated rings. The van der Waals surface area contributed by atoms with Gasteiger partial charge in [0.1, 0.15) is 12.1 Å². The first-order valence-corrected chi connectivity index (χ1v) is 4.20. The largest absolute Gasteiger partial charge is 0.384 e. The Kier molecular flexibility index (Phi) is 3.49. The number of nitrogens with one attached hydrogen (secondary N) is 1. The summed E-state index contributed by atoms with van der Waals surface area (Å²) in [6, 6.07) is 8.95. The molecule has 0 atom stereocenters. The third-order valence-corrected chi connectivity index (χ3v) is 1.73. The lowest BCUT2D eigenvalue weighted by atomic mass is 10.1. The van der Waals surface area contributed by atoms with Crippen LogP contribution in [0.4, 0.5) is 5.69 Å². The van der Waals surface area contributed by atoms with Crippen LogP contribution in [0.3, 0.4) is 0 Å². The molecule has 0 unspecified atom stereocenters. The number of nitrogens with two attached hydrogens (primary N) is 1. The average Bonchev–Trinajstić information content (AvgIpc) is 2.25. The van der Waals surface area contributed by atoms with Crippen LogP contribution >= 0.6 is 0 Å². The number of nitrogens with zero attached hydrogens (tertiary/aromatic N) is 2. The molecule has 0 spiro atoms. The van der Waals surface area contributed by atoms with Crippen molar-refractivity contribution in [1.29, 1.82) is 10.5 Å². The summed E-state index contributed by atoms with van der Waals surface area (Å²) in [5, 5.41) is 20.5. The molecule has 0 amide bonds. The Hall–Kier alpha value is -2.04. The van der Waals surface area contributed by atoms with Crippen molar-refractivity contribution in [3.8, 4) is 12.1 Å². The van der Waals surface area contributed by atoms with Crippen molar-refractivity contribution in [2.45, 2.75) is 0 Å². The average molecular weight is 186 g/mol. The van der Waals surface area contributed by atoms with E-state index < -0.39 is 0 Å². The van der Waals surface area contributed by atoms with E-state index in [-0.39, 0.29) is 0 Å². The Labute approximate surface area is 82.6 Å². The summed E-state index contributed by atoms with van der Waals surface area (Å²) in [7, 11) is 0. The zero-order chi connectivity index (χ0) is 10.4. The molecule has 0 aliphatic heterocycles. The molecule has 1 rings (SSSR count). The monoisotopic (exact) mass is 186 g/mol. The lowest BCUT2D eigenvalue weighted by Gasteiger charge is -2.04. The Balaban J connectivity index is 2.93. The van der Waals surface area contributed by atoms with Gasteiger partial charge in [0.2, 0.25) is 0 Å². The van der Waals surface area contributed by atoms with Gasteiger partial charge in [-0.2, -0.15) is 10.5 Å². The van der Waals surface area contributed by atoms with Crippen LogP contribution in [0, 0.1) is 22.7 Å². The van der Waals surface area contributed by atoms with Crippen molar-refractivity contribution < 1.29 is 0 Å². The van der Waals surface area contributed by atoms with Gasteiger partial charge in [0.15, 0.2) is 0 Å². The molecule has 0 aliphatic carbocycles. The SMILES string of the molecule is N#Cc1ccc(NCCN)cc1C#N. The number of benzene rings is 1. The number of nitriles is 2. The predicted molar refractivity (Wildman–Crippen MR) is 53.4 cm³/mol. The first-order chi connectivity index (χ1) is 6.81. The lowest BCUT2D eigenvalue weighted by molar-refractivity contribution is 1.02. The Morgan fingerprint density at radius 1 is 1.21 bits per heavy atom. The van der Waals surface area contributed by atoms with Crippen molar-refractivity contribution in [1.82, 2.24) is 0 Å². The molecular weight excluding hydrogens is 176 g/mol. The predicted octanol–water partition coefficient (Wildman–Crippen LogP) is 0.801. The first-order valence-electron chi connectivity index (χ1n) is 4.20. The van der Waals surface area contributed by atoms with Gasteiger partial charge in [-0.25, -0.2) is 0 Å². The van der Waals surface area contributed by atoms with Crippen LogP contribution in [0.25, 0.3) is 0 Å². The van der Waals surface area contributed by atoms with Gasteiger partial charge < -0.3 is 11.1 Å². The highest BCUT2D eigenvalue weighted by Gasteiger charge is 2.01. The van der Waals surface area contributed by atoms with Crippen LogP contribution in [0.5, 0.6) is 0 Å². The molecule has 0 aromatic heterocycles. The van der Waals surface area contributed by atoms with E-state index in [1.165, 1.54) is 0 Å². The van der Waals surface area contributed by atoms with Crippen LogP contribution in [0.15, 0.2) is 18.2 Å². The second-order valence-corrected chi connectivity index (χ2v) is 2.70. The normalized spacial score (nSPS) is 8.79. The number of rotatable bonds is 3. The van der Waals surface area contributed by atoms with E-state index in [0.29, 0.717) is 24.2 Å². The Morgan fingerprint density at radius 2 is 1.93 bits per heavy atom. The van der Waals surface area contributed by atoms with Crippen LogP contribution in [-0.4, -0.2) is 13.1 Å². The molecule has 4 nitrogen and oxygen atoms in total. The molecule has 0 radical (unpaired) electrons. The molecule has 0 aliphatic rings. The molecule has 0 heterocycles. The van der Waals surface area contributed by atoms with E-state index in [1.54, 1.807) is 18.2 Å². The Morgan fingerprint density at radius 3 is 2.50 bits per heavy atom. The minimum atomic E-state index is 0.384. The van der Waals surface area contributed by atoms with E-state index in [4.69, 9.17) is 16.3 Å². The van der Waals surface area contributed by atoms with Gasteiger partial charge in [0.25, 0.3) is 0 Å². The highest BCUT2D eigenvalue weighted by Crippen LogP contribution is 2.13. The third-order valence-electron chi connectivity index (χ3n) is 1.73. The minimum Gasteiger partial charge on any atom is -0.384 e. The van der Waals surface area contributed by atoms with Gasteiger partial charge >= 0.3 is 0 Å². The fraction of sp³-hybridized carbons (Fsp3) is 0.200. The van der Waals surface area contributed by atoms with Gasteiger partial charge in [0.05, 0.1) is 11.1 Å². The van der Waals surface area contributed by atoms with E-state index in [0.717, 1.165) is 5.69 Å². The Bertz CT molecular complexity index is 398. The van der Waals surface area contributed by atoms with E-state index in [1.807, 2.05) is 12.1 Å². The van der Waals surface area contributed by atoms with Crippen molar-refractivity contribution in [2.24, 2.45) is 5.73 Å². The van der Waals surface area contributed by atoms with E-state index in [9.17, 15) is 0 Å². The second kappa shape index (κ2) is 4.86. The van der Waals surface area contributed by atoms with Crippen LogP contribution < -0.4 is 11.1 Å². The van der Waals surface area contributed by atoms with Crippen molar-refractivity contribution in [2.75, 3.05) is 18.4 Å². The third kappa shape index (κ3) is 2.22. The maximum atomic E-state index is 8.75. The summed E-state index contributed by atoms with van der Waals surface area (Å²) >= 11 is 0. The summed E-state index contributed by atoms with van der Waals surface area (Å²) < 4.78 is 0. The topological polar surface area (TPSA) is 85.6 Å². The maximum absolute atomic E-state index is 8.75. The van der Waals surface area contributed by atoms with E-state index in [2.05, 4.69) is 5.32 Å². The molecule has 14 heavy (non-hydrogen) atoms. The van der Waals surface area contributed by atoms with Crippen LogP contribution in [0.1, 0.15) is 11.1 Å². The first kappa shape index (κ1) is 10.0. The van der Waals surface area contributed by atoms with Crippen LogP contribution in [-0.2, 0) is 0 Å².